The van der Waals surface area contributed by atoms with Gasteiger partial charge >= 0.3 is 0 Å². The van der Waals surface area contributed by atoms with Gasteiger partial charge in [0.2, 0.25) is 11.8 Å². The van der Waals surface area contributed by atoms with E-state index in [1.54, 1.807) is 12.3 Å². The lowest BCUT2D eigenvalue weighted by Gasteiger charge is -2.17. The molecule has 0 aliphatic carbocycles. The number of anilines is 1. The van der Waals surface area contributed by atoms with Crippen molar-refractivity contribution in [1.82, 2.24) is 14.9 Å². The smallest absolute Gasteiger partial charge is 0.240 e. The van der Waals surface area contributed by atoms with Gasteiger partial charge in [-0.05, 0) is 13.1 Å². The van der Waals surface area contributed by atoms with Crippen LogP contribution in [-0.4, -0.2) is 41.1 Å². The highest BCUT2D eigenvalue weighted by atomic mass is 16.5. The molecule has 1 aromatic rings. The van der Waals surface area contributed by atoms with Crippen LogP contribution in [0.3, 0.4) is 0 Å². The Morgan fingerprint density at radius 1 is 1.44 bits per heavy atom. The topological polar surface area (TPSA) is 76.3 Å². The summed E-state index contributed by atoms with van der Waals surface area (Å²) in [6.45, 7) is 7.82. The molecule has 16 heavy (non-hydrogen) atoms. The molecule has 0 atom stereocenters. The van der Waals surface area contributed by atoms with E-state index in [2.05, 4.69) is 34.1 Å². The highest BCUT2D eigenvalue weighted by Gasteiger charge is 2.01. The van der Waals surface area contributed by atoms with Crippen molar-refractivity contribution in [1.29, 1.82) is 0 Å². The number of likely N-dealkylation sites (N-methyl/N-ethyl adjacent to an activating group) is 1. The summed E-state index contributed by atoms with van der Waals surface area (Å²) >= 11 is 0. The molecule has 0 radical (unpaired) electrons. The molecule has 0 aromatic carbocycles. The van der Waals surface area contributed by atoms with Gasteiger partial charge in [0.25, 0.3) is 0 Å². The molecule has 6 heteroatoms. The first kappa shape index (κ1) is 12.7. The monoisotopic (exact) mass is 225 g/mol. The quantitative estimate of drug-likeness (QED) is 0.519. The van der Waals surface area contributed by atoms with Crippen LogP contribution in [0.4, 0.5) is 5.95 Å². The number of nitrogens with one attached hydrogen (secondary N) is 1. The predicted molar refractivity (Wildman–Crippen MR) is 63.1 cm³/mol. The van der Waals surface area contributed by atoms with Crippen molar-refractivity contribution in [2.45, 2.75) is 13.8 Å². The zero-order valence-corrected chi connectivity index (χ0v) is 9.81. The fourth-order valence-electron chi connectivity index (χ4n) is 1.31. The minimum atomic E-state index is 0.361. The van der Waals surface area contributed by atoms with E-state index in [9.17, 15) is 0 Å². The first-order valence-corrected chi connectivity index (χ1v) is 5.45. The maximum atomic E-state index is 5.49. The van der Waals surface area contributed by atoms with E-state index in [4.69, 9.17) is 10.6 Å². The van der Waals surface area contributed by atoms with Crippen molar-refractivity contribution in [2.75, 3.05) is 31.7 Å². The fourth-order valence-corrected chi connectivity index (χ4v) is 1.31. The molecule has 1 heterocycles. The highest BCUT2D eigenvalue weighted by Crippen LogP contribution is 2.06. The maximum absolute atomic E-state index is 5.49. The first-order chi connectivity index (χ1) is 7.80. The number of ether oxygens (including phenoxy) is 1. The van der Waals surface area contributed by atoms with Crippen molar-refractivity contribution in [2.24, 2.45) is 5.84 Å². The van der Waals surface area contributed by atoms with Crippen LogP contribution in [0.2, 0.25) is 0 Å². The molecule has 0 aliphatic rings. The summed E-state index contributed by atoms with van der Waals surface area (Å²) in [5.41, 5.74) is 2.38. The number of hydrogen-bond donors (Lipinski definition) is 2. The van der Waals surface area contributed by atoms with Gasteiger partial charge in [-0.25, -0.2) is 10.8 Å². The Morgan fingerprint density at radius 2 is 2.19 bits per heavy atom. The lowest BCUT2D eigenvalue weighted by molar-refractivity contribution is 0.218. The minimum Gasteiger partial charge on any atom is -0.476 e. The lowest BCUT2D eigenvalue weighted by Crippen LogP contribution is -2.28. The average molecular weight is 225 g/mol. The molecular formula is C10H19N5O. The molecule has 1 aromatic heterocycles. The Morgan fingerprint density at radius 3 is 2.81 bits per heavy atom. The second-order valence-electron chi connectivity index (χ2n) is 3.24. The van der Waals surface area contributed by atoms with Crippen molar-refractivity contribution in [3.63, 3.8) is 0 Å². The number of nitrogen functional groups attached to an aromatic ring is 1. The van der Waals surface area contributed by atoms with Gasteiger partial charge in [0.05, 0.1) is 0 Å². The van der Waals surface area contributed by atoms with Crippen LogP contribution in [0, 0.1) is 0 Å². The lowest BCUT2D eigenvalue weighted by atomic mass is 10.5. The van der Waals surface area contributed by atoms with Crippen molar-refractivity contribution in [3.8, 4) is 5.88 Å². The largest absolute Gasteiger partial charge is 0.476 e. The number of hydrogen-bond acceptors (Lipinski definition) is 6. The summed E-state index contributed by atoms with van der Waals surface area (Å²) in [7, 11) is 0. The van der Waals surface area contributed by atoms with Gasteiger partial charge in [0, 0.05) is 18.8 Å². The third-order valence-corrected chi connectivity index (χ3v) is 2.31. The minimum absolute atomic E-state index is 0.361. The number of nitrogens with zero attached hydrogens (tertiary/aromatic N) is 3. The Labute approximate surface area is 95.8 Å². The second kappa shape index (κ2) is 6.97. The van der Waals surface area contributed by atoms with Crippen LogP contribution < -0.4 is 16.0 Å². The number of aromatic nitrogens is 2. The first-order valence-electron chi connectivity index (χ1n) is 5.45. The number of nitrogens with two attached hydrogens (primary N) is 1. The Hall–Kier alpha value is -1.40. The van der Waals surface area contributed by atoms with Gasteiger partial charge in [-0.2, -0.15) is 4.98 Å². The molecule has 0 unspecified atom stereocenters. The van der Waals surface area contributed by atoms with E-state index in [1.165, 1.54) is 0 Å². The van der Waals surface area contributed by atoms with Crippen molar-refractivity contribution >= 4 is 5.95 Å². The molecule has 0 aliphatic heterocycles. The summed E-state index contributed by atoms with van der Waals surface area (Å²) in [6, 6.07) is 1.71. The van der Waals surface area contributed by atoms with Gasteiger partial charge in [0.15, 0.2) is 0 Å². The molecule has 0 amide bonds. The van der Waals surface area contributed by atoms with Crippen LogP contribution in [-0.2, 0) is 0 Å². The highest BCUT2D eigenvalue weighted by molar-refractivity contribution is 5.25. The Bertz CT molecular complexity index is 303. The van der Waals surface area contributed by atoms with Crippen LogP contribution in [0.25, 0.3) is 0 Å². The molecule has 6 nitrogen and oxygen atoms in total. The summed E-state index contributed by atoms with van der Waals surface area (Å²) in [5.74, 6) is 6.10. The number of rotatable bonds is 7. The number of hydrazine groups is 1. The molecule has 0 fully saturated rings. The zero-order chi connectivity index (χ0) is 11.8. The molecule has 1 rings (SSSR count). The summed E-state index contributed by atoms with van der Waals surface area (Å²) < 4.78 is 5.49. The van der Waals surface area contributed by atoms with Crippen LogP contribution in [0.15, 0.2) is 12.3 Å². The van der Waals surface area contributed by atoms with Gasteiger partial charge in [-0.15, -0.1) is 0 Å². The third-order valence-electron chi connectivity index (χ3n) is 2.31. The van der Waals surface area contributed by atoms with E-state index in [1.807, 2.05) is 0 Å². The van der Waals surface area contributed by atoms with Gasteiger partial charge in [-0.3, -0.25) is 5.43 Å². The molecular weight excluding hydrogens is 206 g/mol. The van der Waals surface area contributed by atoms with E-state index < -0.39 is 0 Å². The van der Waals surface area contributed by atoms with Crippen LogP contribution >= 0.6 is 0 Å². The van der Waals surface area contributed by atoms with Gasteiger partial charge < -0.3 is 9.64 Å². The Balaban J connectivity index is 2.36. The maximum Gasteiger partial charge on any atom is 0.240 e. The van der Waals surface area contributed by atoms with E-state index in [0.29, 0.717) is 18.4 Å². The third kappa shape index (κ3) is 4.00. The zero-order valence-electron chi connectivity index (χ0n) is 9.81. The van der Waals surface area contributed by atoms with Crippen molar-refractivity contribution in [3.05, 3.63) is 12.3 Å². The van der Waals surface area contributed by atoms with Gasteiger partial charge in [-0.1, -0.05) is 13.8 Å². The van der Waals surface area contributed by atoms with Crippen LogP contribution in [0.5, 0.6) is 5.88 Å². The molecule has 0 spiro atoms. The summed E-state index contributed by atoms with van der Waals surface area (Å²) in [6.07, 6.45) is 1.61. The second-order valence-corrected chi connectivity index (χ2v) is 3.24. The van der Waals surface area contributed by atoms with E-state index >= 15 is 0 Å². The summed E-state index contributed by atoms with van der Waals surface area (Å²) in [5, 5.41) is 0. The SMILES string of the molecule is CCN(CC)CCOc1ccnc(NN)n1. The normalized spacial score (nSPS) is 10.5. The van der Waals surface area contributed by atoms with E-state index in [0.717, 1.165) is 19.6 Å². The van der Waals surface area contributed by atoms with Gasteiger partial charge in [0.1, 0.15) is 6.61 Å². The van der Waals surface area contributed by atoms with Crippen molar-refractivity contribution < 1.29 is 4.74 Å². The fraction of sp³-hybridized carbons (Fsp3) is 0.600. The molecule has 3 N–H and O–H groups in total. The standard InChI is InChI=1S/C10H19N5O/c1-3-15(4-2)7-8-16-9-5-6-12-10(13-9)14-11/h5-6H,3-4,7-8,11H2,1-2H3,(H,12,13,14). The molecule has 0 saturated carbocycles. The summed E-state index contributed by atoms with van der Waals surface area (Å²) in [4.78, 5) is 10.2. The molecule has 0 bridgehead atoms. The Kier molecular flexibility index (Phi) is 5.52. The van der Waals surface area contributed by atoms with Crippen LogP contribution in [0.1, 0.15) is 13.8 Å². The predicted octanol–water partition coefficient (Wildman–Crippen LogP) is 0.483. The molecule has 0 saturated heterocycles. The average Bonchev–Trinajstić information content (AvgIpc) is 2.35. The van der Waals surface area contributed by atoms with E-state index in [-0.39, 0.29) is 0 Å². The molecule has 90 valence electrons.